The van der Waals surface area contributed by atoms with E-state index in [1.54, 1.807) is 16.8 Å². The van der Waals surface area contributed by atoms with Gasteiger partial charge in [-0.3, -0.25) is 9.59 Å². The average Bonchev–Trinajstić information content (AvgIpc) is 2.67. The first-order chi connectivity index (χ1) is 8.03. The summed E-state index contributed by atoms with van der Waals surface area (Å²) in [5.41, 5.74) is -0.316. The van der Waals surface area contributed by atoms with Crippen LogP contribution in [-0.4, -0.2) is 61.4 Å². The van der Waals surface area contributed by atoms with Crippen molar-refractivity contribution in [2.24, 2.45) is 5.41 Å². The molecule has 2 aliphatic heterocycles. The van der Waals surface area contributed by atoms with Gasteiger partial charge in [-0.1, -0.05) is 0 Å². The molecule has 0 radical (unpaired) electrons. The maximum atomic E-state index is 12.4. The van der Waals surface area contributed by atoms with E-state index >= 15 is 0 Å². The zero-order chi connectivity index (χ0) is 12.5. The zero-order valence-corrected chi connectivity index (χ0v) is 10.7. The number of carbonyl (C=O) groups excluding carboxylic acids is 2. The number of rotatable bonds is 1. The van der Waals surface area contributed by atoms with Gasteiger partial charge in [0.1, 0.15) is 0 Å². The lowest BCUT2D eigenvalue weighted by molar-refractivity contribution is -0.144. The molecule has 0 bridgehead atoms. The molecular weight excluding hydrogens is 218 g/mol. The molecule has 0 aromatic carbocycles. The molecule has 5 heteroatoms. The van der Waals surface area contributed by atoms with E-state index in [4.69, 9.17) is 0 Å². The van der Waals surface area contributed by atoms with Crippen LogP contribution >= 0.6 is 0 Å². The van der Waals surface area contributed by atoms with Crippen LogP contribution in [0.25, 0.3) is 0 Å². The second kappa shape index (κ2) is 4.64. The Morgan fingerprint density at radius 1 is 1.41 bits per heavy atom. The lowest BCUT2D eigenvalue weighted by atomic mass is 9.88. The predicted molar refractivity (Wildman–Crippen MR) is 64.4 cm³/mol. The molecule has 17 heavy (non-hydrogen) atoms. The molecular formula is C12H21N3O2. The van der Waals surface area contributed by atoms with Crippen molar-refractivity contribution in [1.29, 1.82) is 0 Å². The number of nitrogens with zero attached hydrogens (tertiary/aromatic N) is 2. The van der Waals surface area contributed by atoms with E-state index < -0.39 is 0 Å². The van der Waals surface area contributed by atoms with Gasteiger partial charge >= 0.3 is 0 Å². The number of hydrogen-bond acceptors (Lipinski definition) is 3. The Hall–Kier alpha value is -1.10. The van der Waals surface area contributed by atoms with Crippen LogP contribution in [0, 0.1) is 5.41 Å². The van der Waals surface area contributed by atoms with E-state index in [0.717, 1.165) is 32.5 Å². The lowest BCUT2D eigenvalue weighted by Gasteiger charge is -2.29. The van der Waals surface area contributed by atoms with Gasteiger partial charge in [-0.05, 0) is 26.3 Å². The fraction of sp³-hybridized carbons (Fsp3) is 0.833. The molecule has 1 unspecified atom stereocenters. The Bertz CT molecular complexity index is 324. The van der Waals surface area contributed by atoms with Crippen molar-refractivity contribution in [3.05, 3.63) is 0 Å². The van der Waals surface area contributed by atoms with Crippen LogP contribution in [0.1, 0.15) is 19.8 Å². The summed E-state index contributed by atoms with van der Waals surface area (Å²) in [6.45, 7) is 5.30. The third kappa shape index (κ3) is 2.44. The van der Waals surface area contributed by atoms with Crippen LogP contribution in [0.3, 0.4) is 0 Å². The van der Waals surface area contributed by atoms with Crippen LogP contribution in [0.5, 0.6) is 0 Å². The summed E-state index contributed by atoms with van der Waals surface area (Å²) >= 11 is 0. The monoisotopic (exact) mass is 239 g/mol. The highest BCUT2D eigenvalue weighted by Crippen LogP contribution is 2.27. The van der Waals surface area contributed by atoms with Gasteiger partial charge in [0.25, 0.3) is 0 Å². The molecule has 1 N–H and O–H groups in total. The summed E-state index contributed by atoms with van der Waals surface area (Å²) < 4.78 is 0. The minimum Gasteiger partial charge on any atom is -0.344 e. The summed E-state index contributed by atoms with van der Waals surface area (Å²) in [7, 11) is 1.80. The van der Waals surface area contributed by atoms with Crippen LogP contribution in [0.15, 0.2) is 0 Å². The molecule has 96 valence electrons. The fourth-order valence-electron chi connectivity index (χ4n) is 2.54. The van der Waals surface area contributed by atoms with Gasteiger partial charge in [-0.25, -0.2) is 0 Å². The van der Waals surface area contributed by atoms with Gasteiger partial charge in [0.15, 0.2) is 0 Å². The Kier molecular flexibility index (Phi) is 3.38. The zero-order valence-electron chi connectivity index (χ0n) is 10.7. The largest absolute Gasteiger partial charge is 0.344 e. The van der Waals surface area contributed by atoms with Crippen molar-refractivity contribution < 1.29 is 9.59 Å². The normalized spacial score (nSPS) is 30.6. The Morgan fingerprint density at radius 3 is 2.82 bits per heavy atom. The van der Waals surface area contributed by atoms with Crippen LogP contribution in [-0.2, 0) is 9.59 Å². The SMILES string of the molecule is CN1CCCN(C(=O)C2(C)CCNC2)CC1=O. The van der Waals surface area contributed by atoms with Crippen molar-refractivity contribution in [3.8, 4) is 0 Å². The van der Waals surface area contributed by atoms with E-state index in [2.05, 4.69) is 5.32 Å². The maximum absolute atomic E-state index is 12.4. The summed E-state index contributed by atoms with van der Waals surface area (Å²) in [4.78, 5) is 27.7. The average molecular weight is 239 g/mol. The van der Waals surface area contributed by atoms with Crippen molar-refractivity contribution in [2.75, 3.05) is 39.8 Å². The molecule has 2 amide bonds. The van der Waals surface area contributed by atoms with E-state index in [1.807, 2.05) is 6.92 Å². The topological polar surface area (TPSA) is 52.6 Å². The van der Waals surface area contributed by atoms with Gasteiger partial charge in [0.2, 0.25) is 11.8 Å². The third-order valence-electron chi connectivity index (χ3n) is 3.85. The molecule has 0 spiro atoms. The molecule has 2 rings (SSSR count). The summed E-state index contributed by atoms with van der Waals surface area (Å²) in [5, 5.41) is 3.23. The molecule has 2 saturated heterocycles. The van der Waals surface area contributed by atoms with Gasteiger partial charge in [0.05, 0.1) is 12.0 Å². The first-order valence-electron chi connectivity index (χ1n) is 6.27. The molecule has 5 nitrogen and oxygen atoms in total. The van der Waals surface area contributed by atoms with Crippen molar-refractivity contribution in [1.82, 2.24) is 15.1 Å². The second-order valence-electron chi connectivity index (χ2n) is 5.38. The van der Waals surface area contributed by atoms with E-state index in [1.165, 1.54) is 0 Å². The first-order valence-corrected chi connectivity index (χ1v) is 6.27. The minimum absolute atomic E-state index is 0.0467. The molecule has 2 heterocycles. The molecule has 0 aromatic heterocycles. The highest BCUT2D eigenvalue weighted by Gasteiger charge is 2.40. The third-order valence-corrected chi connectivity index (χ3v) is 3.85. The summed E-state index contributed by atoms with van der Waals surface area (Å²) in [6.07, 6.45) is 1.74. The smallest absolute Gasteiger partial charge is 0.241 e. The molecule has 1 atom stereocenters. The van der Waals surface area contributed by atoms with Crippen LogP contribution < -0.4 is 5.32 Å². The summed E-state index contributed by atoms with van der Waals surface area (Å²) in [5.74, 6) is 0.177. The highest BCUT2D eigenvalue weighted by molar-refractivity contribution is 5.88. The lowest BCUT2D eigenvalue weighted by Crippen LogP contribution is -2.46. The first kappa shape index (κ1) is 12.4. The number of nitrogens with one attached hydrogen (secondary N) is 1. The quantitative estimate of drug-likeness (QED) is 0.682. The number of likely N-dealkylation sites (N-methyl/N-ethyl adjacent to an activating group) is 1. The molecule has 0 saturated carbocycles. The van der Waals surface area contributed by atoms with Gasteiger partial charge in [-0.15, -0.1) is 0 Å². The van der Waals surface area contributed by atoms with Crippen LogP contribution in [0.4, 0.5) is 0 Å². The Morgan fingerprint density at radius 2 is 2.18 bits per heavy atom. The molecule has 0 aliphatic carbocycles. The number of carbonyl (C=O) groups is 2. The van der Waals surface area contributed by atoms with Crippen molar-refractivity contribution in [3.63, 3.8) is 0 Å². The fourth-order valence-corrected chi connectivity index (χ4v) is 2.54. The van der Waals surface area contributed by atoms with E-state index in [9.17, 15) is 9.59 Å². The van der Waals surface area contributed by atoms with Gasteiger partial charge in [0, 0.05) is 26.7 Å². The Balaban J connectivity index is 2.06. The highest BCUT2D eigenvalue weighted by atomic mass is 16.2. The van der Waals surface area contributed by atoms with Crippen molar-refractivity contribution >= 4 is 11.8 Å². The minimum atomic E-state index is -0.316. The van der Waals surface area contributed by atoms with Crippen molar-refractivity contribution in [2.45, 2.75) is 19.8 Å². The molecule has 2 aliphatic rings. The number of hydrogen-bond donors (Lipinski definition) is 1. The molecule has 2 fully saturated rings. The number of amides is 2. The molecule has 0 aromatic rings. The predicted octanol–water partition coefficient (Wildman–Crippen LogP) is -0.323. The van der Waals surface area contributed by atoms with Gasteiger partial charge < -0.3 is 15.1 Å². The van der Waals surface area contributed by atoms with Crippen LogP contribution in [0.2, 0.25) is 0 Å². The Labute approximate surface area is 102 Å². The summed E-state index contributed by atoms with van der Waals surface area (Å²) in [6, 6.07) is 0. The van der Waals surface area contributed by atoms with E-state index in [-0.39, 0.29) is 23.8 Å². The standard InChI is InChI=1S/C12H21N3O2/c1-12(4-5-13-9-12)11(17)15-7-3-6-14(2)10(16)8-15/h13H,3-9H2,1-2H3. The second-order valence-corrected chi connectivity index (χ2v) is 5.38. The van der Waals surface area contributed by atoms with E-state index in [0.29, 0.717) is 6.54 Å². The van der Waals surface area contributed by atoms with Gasteiger partial charge in [-0.2, -0.15) is 0 Å². The maximum Gasteiger partial charge on any atom is 0.241 e.